The molecule has 0 fully saturated rings. The van der Waals surface area contributed by atoms with E-state index in [4.69, 9.17) is 4.74 Å². The summed E-state index contributed by atoms with van der Waals surface area (Å²) in [5.74, 6) is 1.48. The lowest BCUT2D eigenvalue weighted by Crippen LogP contribution is -1.96. The summed E-state index contributed by atoms with van der Waals surface area (Å²) >= 11 is 0. The van der Waals surface area contributed by atoms with Gasteiger partial charge in [-0.2, -0.15) is 0 Å². The van der Waals surface area contributed by atoms with Crippen LogP contribution >= 0.6 is 0 Å². The highest BCUT2D eigenvalue weighted by Crippen LogP contribution is 2.31. The molecule has 0 aliphatic carbocycles. The zero-order valence-corrected chi connectivity index (χ0v) is 13.7. The molecule has 1 N–H and O–H groups in total. The van der Waals surface area contributed by atoms with Crippen molar-refractivity contribution in [1.29, 1.82) is 0 Å². The molecule has 0 amide bonds. The maximum absolute atomic E-state index is 5.37. The fourth-order valence-electron chi connectivity index (χ4n) is 2.84. The quantitative estimate of drug-likeness (QED) is 0.582. The Bertz CT molecular complexity index is 1020. The molecule has 0 spiro atoms. The van der Waals surface area contributed by atoms with E-state index in [-0.39, 0.29) is 0 Å². The van der Waals surface area contributed by atoms with Gasteiger partial charge in [-0.3, -0.25) is 4.98 Å². The van der Waals surface area contributed by atoms with Crippen molar-refractivity contribution in [1.82, 2.24) is 9.97 Å². The van der Waals surface area contributed by atoms with Crippen molar-refractivity contribution < 1.29 is 4.74 Å². The Hall–Kier alpha value is -3.40. The van der Waals surface area contributed by atoms with Gasteiger partial charge in [0.05, 0.1) is 12.8 Å². The number of nitrogens with zero attached hydrogens (tertiary/aromatic N) is 2. The first-order valence-electron chi connectivity index (χ1n) is 7.95. The normalized spacial score (nSPS) is 10.6. The first-order valence-corrected chi connectivity index (χ1v) is 7.95. The number of hydrogen-bond donors (Lipinski definition) is 1. The smallest absolute Gasteiger partial charge is 0.142 e. The molecular formula is C21H16N3O. The van der Waals surface area contributed by atoms with E-state index in [1.807, 2.05) is 42.7 Å². The molecule has 0 bridgehead atoms. The summed E-state index contributed by atoms with van der Waals surface area (Å²) < 4.78 is 5.37. The second-order valence-electron chi connectivity index (χ2n) is 5.59. The Labute approximate surface area is 146 Å². The van der Waals surface area contributed by atoms with Gasteiger partial charge in [-0.05, 0) is 41.3 Å². The standard InChI is InChI=1S/C21H16N3O/c1-25-20-10-3-2-9-19(20)24-21-12-18-16(14-23-21)6-4-8-17(18)15-7-5-11-22-13-15/h2,4-14H,1H3,(H,23,24). The highest BCUT2D eigenvalue weighted by atomic mass is 16.5. The second-order valence-corrected chi connectivity index (χ2v) is 5.59. The largest absolute Gasteiger partial charge is 0.495 e. The first kappa shape index (κ1) is 15.1. The molecule has 4 aromatic rings. The zero-order valence-electron chi connectivity index (χ0n) is 13.7. The minimum Gasteiger partial charge on any atom is -0.495 e. The lowest BCUT2D eigenvalue weighted by atomic mass is 10.0. The van der Waals surface area contributed by atoms with E-state index in [1.54, 1.807) is 19.4 Å². The number of fused-ring (bicyclic) bond motifs is 1. The van der Waals surface area contributed by atoms with Crippen LogP contribution in [0.3, 0.4) is 0 Å². The van der Waals surface area contributed by atoms with Crippen LogP contribution in [0.15, 0.2) is 73.2 Å². The van der Waals surface area contributed by atoms with E-state index >= 15 is 0 Å². The second kappa shape index (κ2) is 6.61. The van der Waals surface area contributed by atoms with Gasteiger partial charge in [-0.25, -0.2) is 4.98 Å². The van der Waals surface area contributed by atoms with E-state index in [1.165, 1.54) is 0 Å². The topological polar surface area (TPSA) is 47.0 Å². The first-order chi connectivity index (χ1) is 12.3. The average molecular weight is 326 g/mol. The van der Waals surface area contributed by atoms with Crippen molar-refractivity contribution in [3.63, 3.8) is 0 Å². The highest BCUT2D eigenvalue weighted by molar-refractivity contribution is 5.97. The van der Waals surface area contributed by atoms with Crippen molar-refractivity contribution in [3.8, 4) is 16.9 Å². The maximum atomic E-state index is 5.37. The van der Waals surface area contributed by atoms with Crippen LogP contribution in [0.25, 0.3) is 21.9 Å². The van der Waals surface area contributed by atoms with Gasteiger partial charge >= 0.3 is 0 Å². The summed E-state index contributed by atoms with van der Waals surface area (Å²) in [6, 6.07) is 20.8. The Morgan fingerprint density at radius 3 is 2.88 bits per heavy atom. The molecule has 0 aliphatic heterocycles. The SMILES string of the molecule is COc1c[c]ccc1Nc1cc2c(-c3cccnc3)cccc2cn1. The van der Waals surface area contributed by atoms with Crippen molar-refractivity contribution in [2.24, 2.45) is 0 Å². The predicted octanol–water partition coefficient (Wildman–Crippen LogP) is 4.85. The molecule has 121 valence electrons. The molecule has 4 heteroatoms. The van der Waals surface area contributed by atoms with Crippen LogP contribution in [-0.4, -0.2) is 17.1 Å². The predicted molar refractivity (Wildman–Crippen MR) is 100 cm³/mol. The van der Waals surface area contributed by atoms with Gasteiger partial charge in [0.15, 0.2) is 0 Å². The van der Waals surface area contributed by atoms with Crippen LogP contribution < -0.4 is 10.1 Å². The third-order valence-corrected chi connectivity index (χ3v) is 4.04. The number of aromatic nitrogens is 2. The summed E-state index contributed by atoms with van der Waals surface area (Å²) in [6.07, 6.45) is 5.53. The van der Waals surface area contributed by atoms with Gasteiger partial charge in [0.1, 0.15) is 11.6 Å². The van der Waals surface area contributed by atoms with Gasteiger partial charge in [0.2, 0.25) is 0 Å². The van der Waals surface area contributed by atoms with E-state index in [9.17, 15) is 0 Å². The Balaban J connectivity index is 1.79. The minimum atomic E-state index is 0.727. The van der Waals surface area contributed by atoms with Crippen LogP contribution in [0.5, 0.6) is 5.75 Å². The van der Waals surface area contributed by atoms with E-state index in [2.05, 4.69) is 39.6 Å². The third-order valence-electron chi connectivity index (χ3n) is 4.04. The molecule has 0 atom stereocenters. The summed E-state index contributed by atoms with van der Waals surface area (Å²) in [6.45, 7) is 0. The number of pyridine rings is 2. The third kappa shape index (κ3) is 3.02. The number of anilines is 2. The maximum Gasteiger partial charge on any atom is 0.142 e. The zero-order chi connectivity index (χ0) is 17.1. The van der Waals surface area contributed by atoms with Crippen molar-refractivity contribution in [3.05, 3.63) is 79.3 Å². The number of methoxy groups -OCH3 is 1. The Morgan fingerprint density at radius 1 is 1.08 bits per heavy atom. The molecule has 4 nitrogen and oxygen atoms in total. The van der Waals surface area contributed by atoms with Crippen LogP contribution in [0.4, 0.5) is 11.5 Å². The Morgan fingerprint density at radius 2 is 2.04 bits per heavy atom. The average Bonchev–Trinajstić information content (AvgIpc) is 2.68. The molecular weight excluding hydrogens is 310 g/mol. The molecule has 2 aromatic heterocycles. The number of hydrogen-bond acceptors (Lipinski definition) is 4. The summed E-state index contributed by atoms with van der Waals surface area (Å²) in [4.78, 5) is 8.75. The molecule has 1 radical (unpaired) electrons. The molecule has 0 aliphatic rings. The molecule has 0 saturated heterocycles. The van der Waals surface area contributed by atoms with Crippen LogP contribution in [-0.2, 0) is 0 Å². The van der Waals surface area contributed by atoms with Crippen LogP contribution in [0.1, 0.15) is 0 Å². The van der Waals surface area contributed by atoms with Crippen LogP contribution in [0, 0.1) is 6.07 Å². The fourth-order valence-corrected chi connectivity index (χ4v) is 2.84. The van der Waals surface area contributed by atoms with Gasteiger partial charge in [0.25, 0.3) is 0 Å². The monoisotopic (exact) mass is 326 g/mol. The highest BCUT2D eigenvalue weighted by Gasteiger charge is 2.07. The summed E-state index contributed by atoms with van der Waals surface area (Å²) in [5.41, 5.74) is 3.06. The van der Waals surface area contributed by atoms with E-state index in [0.717, 1.165) is 39.2 Å². The Kier molecular flexibility index (Phi) is 4.01. The van der Waals surface area contributed by atoms with Gasteiger partial charge in [0, 0.05) is 29.5 Å². The molecule has 2 aromatic carbocycles. The molecule has 2 heterocycles. The number of ether oxygens (including phenoxy) is 1. The van der Waals surface area contributed by atoms with E-state index in [0.29, 0.717) is 0 Å². The lowest BCUT2D eigenvalue weighted by molar-refractivity contribution is 0.416. The van der Waals surface area contributed by atoms with Crippen molar-refractivity contribution in [2.75, 3.05) is 12.4 Å². The molecule has 25 heavy (non-hydrogen) atoms. The van der Waals surface area contributed by atoms with Crippen molar-refractivity contribution >= 4 is 22.3 Å². The fraction of sp³-hybridized carbons (Fsp3) is 0.0476. The van der Waals surface area contributed by atoms with Crippen molar-refractivity contribution in [2.45, 2.75) is 0 Å². The number of benzene rings is 2. The lowest BCUT2D eigenvalue weighted by Gasteiger charge is -2.12. The minimum absolute atomic E-state index is 0.727. The van der Waals surface area contributed by atoms with Crippen LogP contribution in [0.2, 0.25) is 0 Å². The summed E-state index contributed by atoms with van der Waals surface area (Å²) in [7, 11) is 1.64. The summed E-state index contributed by atoms with van der Waals surface area (Å²) in [5, 5.41) is 5.53. The van der Waals surface area contributed by atoms with E-state index < -0.39 is 0 Å². The molecule has 4 rings (SSSR count). The molecule has 0 saturated carbocycles. The van der Waals surface area contributed by atoms with Gasteiger partial charge < -0.3 is 10.1 Å². The molecule has 0 unspecified atom stereocenters. The number of nitrogens with one attached hydrogen (secondary N) is 1. The van der Waals surface area contributed by atoms with Gasteiger partial charge in [-0.15, -0.1) is 0 Å². The number of rotatable bonds is 4. The van der Waals surface area contributed by atoms with Gasteiger partial charge in [-0.1, -0.05) is 30.3 Å².